The Morgan fingerprint density at radius 3 is 2.56 bits per heavy atom. The van der Waals surface area contributed by atoms with E-state index >= 15 is 0 Å². The van der Waals surface area contributed by atoms with Gasteiger partial charge in [0.1, 0.15) is 5.75 Å². The van der Waals surface area contributed by atoms with Crippen molar-refractivity contribution >= 4 is 17.1 Å². The summed E-state index contributed by atoms with van der Waals surface area (Å²) in [5.41, 5.74) is 0.506. The summed E-state index contributed by atoms with van der Waals surface area (Å²) in [6.07, 6.45) is 2.02. The minimum atomic E-state index is 0.0493. The Morgan fingerprint density at radius 1 is 1.12 bits per heavy atom. The van der Waals surface area contributed by atoms with Gasteiger partial charge in [0.2, 0.25) is 6.29 Å². The second-order valence-corrected chi connectivity index (χ2v) is 3.93. The minimum absolute atomic E-state index is 0.0493. The van der Waals surface area contributed by atoms with Gasteiger partial charge in [0.15, 0.2) is 0 Å². The highest BCUT2D eigenvalue weighted by Crippen LogP contribution is 2.27. The van der Waals surface area contributed by atoms with Gasteiger partial charge in [-0.15, -0.1) is 0 Å². The predicted molar refractivity (Wildman–Crippen MR) is 64.5 cm³/mol. The van der Waals surface area contributed by atoms with Crippen molar-refractivity contribution in [3.05, 3.63) is 42.0 Å². The molecule has 0 bridgehead atoms. The molecular weight excluding hydrogens is 200 g/mol. The average molecular weight is 213 g/mol. The van der Waals surface area contributed by atoms with Gasteiger partial charge in [-0.2, -0.15) is 0 Å². The standard InChI is InChI=1S/C14H13O2/c1-10(2)16-14-8-7-11-5-3-4-6-12(11)13(14)9-15/h3-8,10H,1-2H3. The molecule has 0 unspecified atom stereocenters. The number of benzene rings is 2. The minimum Gasteiger partial charge on any atom is -0.490 e. The van der Waals surface area contributed by atoms with E-state index < -0.39 is 0 Å². The Bertz CT molecular complexity index is 515. The van der Waals surface area contributed by atoms with Crippen LogP contribution in [0.2, 0.25) is 0 Å². The van der Waals surface area contributed by atoms with Gasteiger partial charge in [0.05, 0.1) is 11.7 Å². The molecule has 0 saturated carbocycles. The SMILES string of the molecule is CC(C)Oc1ccc2ccccc2c1[C]=O. The first-order chi connectivity index (χ1) is 7.72. The number of ether oxygens (including phenoxy) is 1. The molecule has 2 aromatic carbocycles. The summed E-state index contributed by atoms with van der Waals surface area (Å²) in [5.74, 6) is 0.601. The van der Waals surface area contributed by atoms with Crippen LogP contribution in [-0.2, 0) is 4.79 Å². The third kappa shape index (κ3) is 1.91. The van der Waals surface area contributed by atoms with Crippen LogP contribution in [0.4, 0.5) is 0 Å². The van der Waals surface area contributed by atoms with Crippen LogP contribution in [0.3, 0.4) is 0 Å². The Hall–Kier alpha value is -1.83. The van der Waals surface area contributed by atoms with E-state index in [1.54, 1.807) is 0 Å². The summed E-state index contributed by atoms with van der Waals surface area (Å²) in [6.45, 7) is 3.87. The van der Waals surface area contributed by atoms with Gasteiger partial charge in [0, 0.05) is 0 Å². The maximum Gasteiger partial charge on any atom is 0.238 e. The summed E-state index contributed by atoms with van der Waals surface area (Å²) in [5, 5.41) is 1.91. The Morgan fingerprint density at radius 2 is 1.88 bits per heavy atom. The van der Waals surface area contributed by atoms with E-state index in [0.717, 1.165) is 10.8 Å². The van der Waals surface area contributed by atoms with Gasteiger partial charge in [-0.25, -0.2) is 0 Å². The summed E-state index contributed by atoms with van der Waals surface area (Å²) in [4.78, 5) is 11.0. The molecule has 0 spiro atoms. The van der Waals surface area contributed by atoms with Crippen LogP contribution in [0.5, 0.6) is 5.75 Å². The summed E-state index contributed by atoms with van der Waals surface area (Å²) in [7, 11) is 0. The van der Waals surface area contributed by atoms with Gasteiger partial charge >= 0.3 is 0 Å². The number of fused-ring (bicyclic) bond motifs is 1. The molecule has 0 amide bonds. The molecule has 0 aliphatic carbocycles. The molecule has 0 aromatic heterocycles. The van der Waals surface area contributed by atoms with Crippen molar-refractivity contribution in [3.63, 3.8) is 0 Å². The average Bonchev–Trinajstić information content (AvgIpc) is 2.28. The molecule has 0 aliphatic rings. The van der Waals surface area contributed by atoms with Crippen molar-refractivity contribution in [2.24, 2.45) is 0 Å². The number of hydrogen-bond donors (Lipinski definition) is 0. The molecule has 2 nitrogen and oxygen atoms in total. The fourth-order valence-electron chi connectivity index (χ4n) is 1.71. The number of hydrogen-bond acceptors (Lipinski definition) is 2. The van der Waals surface area contributed by atoms with E-state index in [9.17, 15) is 4.79 Å². The zero-order chi connectivity index (χ0) is 11.5. The molecule has 16 heavy (non-hydrogen) atoms. The third-order valence-electron chi connectivity index (χ3n) is 2.36. The lowest BCUT2D eigenvalue weighted by molar-refractivity contribution is 0.242. The largest absolute Gasteiger partial charge is 0.490 e. The summed E-state index contributed by atoms with van der Waals surface area (Å²) in [6, 6.07) is 11.5. The van der Waals surface area contributed by atoms with E-state index in [-0.39, 0.29) is 6.10 Å². The van der Waals surface area contributed by atoms with Crippen LogP contribution in [0, 0.1) is 0 Å². The topological polar surface area (TPSA) is 26.3 Å². The lowest BCUT2D eigenvalue weighted by atomic mass is 10.0. The highest BCUT2D eigenvalue weighted by atomic mass is 16.5. The molecule has 0 heterocycles. The summed E-state index contributed by atoms with van der Waals surface area (Å²) < 4.78 is 5.58. The van der Waals surface area contributed by atoms with E-state index in [1.165, 1.54) is 0 Å². The van der Waals surface area contributed by atoms with Gasteiger partial charge in [0.25, 0.3) is 0 Å². The maximum atomic E-state index is 11.0. The van der Waals surface area contributed by atoms with Gasteiger partial charge in [-0.1, -0.05) is 30.3 Å². The second-order valence-electron chi connectivity index (χ2n) is 3.93. The van der Waals surface area contributed by atoms with Crippen LogP contribution in [0.25, 0.3) is 10.8 Å². The fraction of sp³-hybridized carbons (Fsp3) is 0.214. The van der Waals surface area contributed by atoms with Crippen LogP contribution < -0.4 is 4.74 Å². The lowest BCUT2D eigenvalue weighted by Crippen LogP contribution is -2.07. The van der Waals surface area contributed by atoms with Gasteiger partial charge < -0.3 is 4.74 Å². The molecule has 0 aliphatic heterocycles. The van der Waals surface area contributed by atoms with E-state index in [1.807, 2.05) is 56.5 Å². The molecule has 2 aromatic rings. The van der Waals surface area contributed by atoms with Crippen molar-refractivity contribution in [1.29, 1.82) is 0 Å². The van der Waals surface area contributed by atoms with Crippen LogP contribution in [0.1, 0.15) is 19.4 Å². The monoisotopic (exact) mass is 213 g/mol. The summed E-state index contributed by atoms with van der Waals surface area (Å²) >= 11 is 0. The molecule has 0 atom stereocenters. The smallest absolute Gasteiger partial charge is 0.238 e. The molecule has 0 saturated heterocycles. The number of rotatable bonds is 3. The van der Waals surface area contributed by atoms with Crippen molar-refractivity contribution < 1.29 is 9.53 Å². The molecule has 0 fully saturated rings. The molecule has 81 valence electrons. The Labute approximate surface area is 94.8 Å². The van der Waals surface area contributed by atoms with Crippen LogP contribution in [-0.4, -0.2) is 12.4 Å². The van der Waals surface area contributed by atoms with Gasteiger partial charge in [-0.3, -0.25) is 4.79 Å². The fourth-order valence-corrected chi connectivity index (χ4v) is 1.71. The van der Waals surface area contributed by atoms with Crippen molar-refractivity contribution in [1.82, 2.24) is 0 Å². The quantitative estimate of drug-likeness (QED) is 0.783. The van der Waals surface area contributed by atoms with Crippen LogP contribution in [0.15, 0.2) is 36.4 Å². The van der Waals surface area contributed by atoms with E-state index in [4.69, 9.17) is 4.74 Å². The lowest BCUT2D eigenvalue weighted by Gasteiger charge is -2.12. The maximum absolute atomic E-state index is 11.0. The molecular formula is C14H13O2. The van der Waals surface area contributed by atoms with E-state index in [0.29, 0.717) is 11.3 Å². The molecule has 0 N–H and O–H groups in total. The van der Waals surface area contributed by atoms with Crippen molar-refractivity contribution in [2.75, 3.05) is 0 Å². The Kier molecular flexibility index (Phi) is 2.91. The van der Waals surface area contributed by atoms with Crippen molar-refractivity contribution in [2.45, 2.75) is 20.0 Å². The van der Waals surface area contributed by atoms with Crippen molar-refractivity contribution in [3.8, 4) is 5.75 Å². The normalized spacial score (nSPS) is 10.7. The zero-order valence-electron chi connectivity index (χ0n) is 9.36. The Balaban J connectivity index is 2.63. The highest BCUT2D eigenvalue weighted by Gasteiger charge is 2.09. The highest BCUT2D eigenvalue weighted by molar-refractivity contribution is 6.00. The second kappa shape index (κ2) is 4.35. The first-order valence-corrected chi connectivity index (χ1v) is 5.29. The molecule has 2 rings (SSSR count). The first-order valence-electron chi connectivity index (χ1n) is 5.29. The van der Waals surface area contributed by atoms with E-state index in [2.05, 4.69) is 0 Å². The molecule has 1 radical (unpaired) electrons. The predicted octanol–water partition coefficient (Wildman–Crippen LogP) is 3.08. The molecule has 2 heteroatoms. The third-order valence-corrected chi connectivity index (χ3v) is 2.36. The van der Waals surface area contributed by atoms with Crippen LogP contribution >= 0.6 is 0 Å². The first kappa shape index (κ1) is 10.7. The van der Waals surface area contributed by atoms with Gasteiger partial charge in [-0.05, 0) is 30.7 Å². The zero-order valence-corrected chi connectivity index (χ0v) is 9.36. The number of carbonyl (C=O) groups excluding carboxylic acids is 1.